The summed E-state index contributed by atoms with van der Waals surface area (Å²) in [7, 11) is 4.04. The van der Waals surface area contributed by atoms with Crippen LogP contribution in [0.5, 0.6) is 0 Å². The van der Waals surface area contributed by atoms with Crippen LogP contribution in [0.3, 0.4) is 0 Å². The second kappa shape index (κ2) is 8.30. The molecule has 1 saturated carbocycles. The molecule has 1 fully saturated rings. The van der Waals surface area contributed by atoms with Crippen LogP contribution in [0.2, 0.25) is 0 Å². The second-order valence-electron chi connectivity index (χ2n) is 7.06. The predicted molar refractivity (Wildman–Crippen MR) is 99.2 cm³/mol. The van der Waals surface area contributed by atoms with Gasteiger partial charge in [-0.1, -0.05) is 43.5 Å². The smallest absolute Gasteiger partial charge is 0.254 e. The molecule has 1 aromatic carbocycles. The largest absolute Gasteiger partial charge is 0.348 e. The number of carbonyl (C=O) groups is 1. The fourth-order valence-electron chi connectivity index (χ4n) is 3.62. The lowest BCUT2D eigenvalue weighted by atomic mass is 9.94. The number of hydrogen-bond donors (Lipinski definition) is 1. The van der Waals surface area contributed by atoms with Crippen molar-refractivity contribution in [2.45, 2.75) is 51.2 Å². The highest BCUT2D eigenvalue weighted by Crippen LogP contribution is 2.23. The molecule has 1 amide bonds. The third-order valence-corrected chi connectivity index (χ3v) is 5.14. The SMILES string of the molecule is CN(Cc1ccccc1CNC(=O)c1cnn(C)c1)C1CCCCC1. The van der Waals surface area contributed by atoms with E-state index in [4.69, 9.17) is 0 Å². The molecule has 0 saturated heterocycles. The Morgan fingerprint density at radius 3 is 2.64 bits per heavy atom. The van der Waals surface area contributed by atoms with Crippen molar-refractivity contribution < 1.29 is 4.79 Å². The van der Waals surface area contributed by atoms with Gasteiger partial charge < -0.3 is 5.32 Å². The highest BCUT2D eigenvalue weighted by atomic mass is 16.1. The predicted octanol–water partition coefficient (Wildman–Crippen LogP) is 3.11. The molecule has 0 unspecified atom stereocenters. The molecule has 0 radical (unpaired) electrons. The number of rotatable bonds is 6. The summed E-state index contributed by atoms with van der Waals surface area (Å²) in [6.45, 7) is 1.48. The fourth-order valence-corrected chi connectivity index (χ4v) is 3.62. The number of aryl methyl sites for hydroxylation is 1. The molecule has 1 aliphatic rings. The molecule has 0 aliphatic heterocycles. The highest BCUT2D eigenvalue weighted by molar-refractivity contribution is 5.93. The maximum absolute atomic E-state index is 12.2. The van der Waals surface area contributed by atoms with Gasteiger partial charge in [0.05, 0.1) is 11.8 Å². The van der Waals surface area contributed by atoms with E-state index in [0.717, 1.165) is 6.54 Å². The van der Waals surface area contributed by atoms with Gasteiger partial charge in [-0.05, 0) is 31.0 Å². The van der Waals surface area contributed by atoms with Crippen molar-refractivity contribution in [3.63, 3.8) is 0 Å². The molecule has 25 heavy (non-hydrogen) atoms. The van der Waals surface area contributed by atoms with Gasteiger partial charge in [-0.2, -0.15) is 5.10 Å². The molecule has 1 aliphatic carbocycles. The summed E-state index contributed by atoms with van der Waals surface area (Å²) in [5.41, 5.74) is 3.07. The van der Waals surface area contributed by atoms with Gasteiger partial charge >= 0.3 is 0 Å². The van der Waals surface area contributed by atoms with Crippen LogP contribution in [0.15, 0.2) is 36.7 Å². The lowest BCUT2D eigenvalue weighted by Crippen LogP contribution is -2.33. The second-order valence-corrected chi connectivity index (χ2v) is 7.06. The van der Waals surface area contributed by atoms with Crippen molar-refractivity contribution >= 4 is 5.91 Å². The van der Waals surface area contributed by atoms with E-state index in [1.165, 1.54) is 43.2 Å². The Labute approximate surface area is 150 Å². The zero-order chi connectivity index (χ0) is 17.6. The van der Waals surface area contributed by atoms with Gasteiger partial charge in [-0.25, -0.2) is 0 Å². The summed E-state index contributed by atoms with van der Waals surface area (Å²) < 4.78 is 1.64. The third kappa shape index (κ3) is 4.69. The Hall–Kier alpha value is -2.14. The summed E-state index contributed by atoms with van der Waals surface area (Å²) in [4.78, 5) is 14.7. The number of amides is 1. The lowest BCUT2D eigenvalue weighted by molar-refractivity contribution is 0.0950. The van der Waals surface area contributed by atoms with Crippen molar-refractivity contribution in [1.82, 2.24) is 20.0 Å². The normalized spacial score (nSPS) is 15.5. The van der Waals surface area contributed by atoms with Gasteiger partial charge in [0.15, 0.2) is 0 Å². The first-order valence-electron chi connectivity index (χ1n) is 9.17. The number of hydrogen-bond acceptors (Lipinski definition) is 3. The highest BCUT2D eigenvalue weighted by Gasteiger charge is 2.19. The Morgan fingerprint density at radius 2 is 1.96 bits per heavy atom. The van der Waals surface area contributed by atoms with Crippen molar-refractivity contribution in [1.29, 1.82) is 0 Å². The van der Waals surface area contributed by atoms with Gasteiger partial charge in [0, 0.05) is 32.4 Å². The van der Waals surface area contributed by atoms with E-state index in [9.17, 15) is 4.79 Å². The average Bonchev–Trinajstić information content (AvgIpc) is 3.08. The number of benzene rings is 1. The van der Waals surface area contributed by atoms with Gasteiger partial charge in [-0.3, -0.25) is 14.4 Å². The van der Waals surface area contributed by atoms with Crippen molar-refractivity contribution in [2.24, 2.45) is 7.05 Å². The van der Waals surface area contributed by atoms with E-state index in [1.807, 2.05) is 13.1 Å². The van der Waals surface area contributed by atoms with Crippen LogP contribution in [0.1, 0.15) is 53.6 Å². The first kappa shape index (κ1) is 17.7. The standard InChI is InChI=1S/C20H28N4O/c1-23(19-10-4-3-5-11-19)14-17-9-7-6-8-16(17)12-21-20(25)18-13-22-24(2)15-18/h6-9,13,15,19H,3-5,10-12,14H2,1-2H3,(H,21,25). The third-order valence-electron chi connectivity index (χ3n) is 5.14. The number of carbonyl (C=O) groups excluding carboxylic acids is 1. The Bertz CT molecular complexity index is 703. The summed E-state index contributed by atoms with van der Waals surface area (Å²) in [5.74, 6) is -0.0801. The molecule has 2 aromatic rings. The molecule has 1 N–H and O–H groups in total. The van der Waals surface area contributed by atoms with Crippen molar-refractivity contribution in [2.75, 3.05) is 7.05 Å². The van der Waals surface area contributed by atoms with Gasteiger partial charge in [0.25, 0.3) is 5.91 Å². The molecule has 1 heterocycles. The van der Waals surface area contributed by atoms with E-state index >= 15 is 0 Å². The van der Waals surface area contributed by atoms with Crippen molar-refractivity contribution in [3.8, 4) is 0 Å². The quantitative estimate of drug-likeness (QED) is 0.879. The maximum Gasteiger partial charge on any atom is 0.254 e. The maximum atomic E-state index is 12.2. The minimum absolute atomic E-state index is 0.0801. The summed E-state index contributed by atoms with van der Waals surface area (Å²) >= 11 is 0. The van der Waals surface area contributed by atoms with Gasteiger partial charge in [0.1, 0.15) is 0 Å². The monoisotopic (exact) mass is 340 g/mol. The zero-order valence-electron chi connectivity index (χ0n) is 15.2. The van der Waals surface area contributed by atoms with Crippen molar-refractivity contribution in [3.05, 3.63) is 53.3 Å². The van der Waals surface area contributed by atoms with Gasteiger partial charge in [0.2, 0.25) is 0 Å². The zero-order valence-corrected chi connectivity index (χ0v) is 15.2. The van der Waals surface area contributed by atoms with Crippen LogP contribution in [-0.4, -0.2) is 33.7 Å². The Balaban J connectivity index is 1.61. The molecule has 3 rings (SSSR count). The molecule has 5 nitrogen and oxygen atoms in total. The van der Waals surface area contributed by atoms with Gasteiger partial charge in [-0.15, -0.1) is 0 Å². The molecular formula is C20H28N4O. The van der Waals surface area contributed by atoms with E-state index in [-0.39, 0.29) is 5.91 Å². The first-order chi connectivity index (χ1) is 12.1. The first-order valence-corrected chi connectivity index (χ1v) is 9.17. The summed E-state index contributed by atoms with van der Waals surface area (Å²) in [6.07, 6.45) is 10.00. The van der Waals surface area contributed by atoms with E-state index in [2.05, 4.69) is 40.6 Å². The van der Waals surface area contributed by atoms with Crippen LogP contribution in [0.25, 0.3) is 0 Å². The van der Waals surface area contributed by atoms with Crippen LogP contribution in [0.4, 0.5) is 0 Å². The summed E-state index contributed by atoms with van der Waals surface area (Å²) in [5, 5.41) is 7.06. The van der Waals surface area contributed by atoms with Crippen LogP contribution in [-0.2, 0) is 20.1 Å². The van der Waals surface area contributed by atoms with E-state index in [0.29, 0.717) is 18.2 Å². The molecule has 0 spiro atoms. The molecular weight excluding hydrogens is 312 g/mol. The lowest BCUT2D eigenvalue weighted by Gasteiger charge is -2.31. The minimum Gasteiger partial charge on any atom is -0.348 e. The van der Waals surface area contributed by atoms with Crippen LogP contribution in [0, 0.1) is 0 Å². The molecule has 134 valence electrons. The van der Waals surface area contributed by atoms with E-state index < -0.39 is 0 Å². The molecule has 5 heteroatoms. The Kier molecular flexibility index (Phi) is 5.87. The topological polar surface area (TPSA) is 50.2 Å². The average molecular weight is 340 g/mol. The van der Waals surface area contributed by atoms with Crippen LogP contribution < -0.4 is 5.32 Å². The molecule has 0 atom stereocenters. The molecule has 0 bridgehead atoms. The molecule has 1 aromatic heterocycles. The Morgan fingerprint density at radius 1 is 1.24 bits per heavy atom. The van der Waals surface area contributed by atoms with Crippen LogP contribution >= 0.6 is 0 Å². The summed E-state index contributed by atoms with van der Waals surface area (Å²) in [6, 6.07) is 9.08. The van der Waals surface area contributed by atoms with E-state index in [1.54, 1.807) is 17.1 Å². The number of nitrogens with zero attached hydrogens (tertiary/aromatic N) is 3. The number of nitrogens with one attached hydrogen (secondary N) is 1. The minimum atomic E-state index is -0.0801. The number of aromatic nitrogens is 2. The fraction of sp³-hybridized carbons (Fsp3) is 0.500.